The Balaban J connectivity index is 2.09. The Bertz CT molecular complexity index is 1120. The molecule has 0 spiro atoms. The van der Waals surface area contributed by atoms with Crippen LogP contribution < -0.4 is 9.47 Å². The monoisotopic (exact) mass is 454 g/mol. The highest BCUT2D eigenvalue weighted by Crippen LogP contribution is 2.31. The summed E-state index contributed by atoms with van der Waals surface area (Å²) in [6.07, 6.45) is 6.18. The average molecular weight is 455 g/mol. The van der Waals surface area contributed by atoms with Gasteiger partial charge in [-0.2, -0.15) is 0 Å². The first-order valence-electron chi connectivity index (χ1n) is 10.4. The lowest BCUT2D eigenvalue weighted by Crippen LogP contribution is -2.09. The number of methoxy groups -OCH3 is 2. The molecule has 3 aromatic rings. The summed E-state index contributed by atoms with van der Waals surface area (Å²) in [5, 5.41) is 10.6. The number of carboxylic acid groups (broad SMARTS) is 1. The van der Waals surface area contributed by atoms with Crippen molar-refractivity contribution in [3.05, 3.63) is 76.3 Å². The minimum absolute atomic E-state index is 0.133. The van der Waals surface area contributed by atoms with Gasteiger partial charge < -0.3 is 19.1 Å². The number of nitrogens with zero attached hydrogens (tertiary/aromatic N) is 2. The van der Waals surface area contributed by atoms with E-state index in [4.69, 9.17) is 21.1 Å². The number of benzene rings is 2. The van der Waals surface area contributed by atoms with E-state index >= 15 is 0 Å². The number of hydrogen-bond donors (Lipinski definition) is 1. The molecule has 0 amide bonds. The fourth-order valence-electron chi connectivity index (χ4n) is 3.48. The molecule has 0 radical (unpaired) electrons. The number of unbranched alkanes of at least 4 members (excludes halogenated alkanes) is 1. The van der Waals surface area contributed by atoms with Crippen LogP contribution in [0.3, 0.4) is 0 Å². The molecule has 3 rings (SSSR count). The summed E-state index contributed by atoms with van der Waals surface area (Å²) in [5.41, 5.74) is 2.29. The standard InChI is InChI=1S/C25H27ClN2O4/c1-4-5-10-24-27-15-19(28(24)16-18-8-6-7-9-21(18)26)14-20(25(29)30)17-11-12-22(31-2)23(13-17)32-3/h6-9,11-15H,4-5,10,16H2,1-3H3,(H,29,30)/b20-14+. The predicted molar refractivity (Wildman–Crippen MR) is 126 cm³/mol. The quantitative estimate of drug-likeness (QED) is 0.405. The highest BCUT2D eigenvalue weighted by atomic mass is 35.5. The van der Waals surface area contributed by atoms with Crippen LogP contribution in [0.1, 0.15) is 42.4 Å². The van der Waals surface area contributed by atoms with E-state index in [1.54, 1.807) is 30.5 Å². The SMILES string of the molecule is CCCCc1ncc(/C=C(/C(=O)O)c2ccc(OC)c(OC)c2)n1Cc1ccccc1Cl. The molecule has 1 N–H and O–H groups in total. The van der Waals surface area contributed by atoms with Gasteiger partial charge >= 0.3 is 5.97 Å². The molecule has 0 aliphatic carbocycles. The average Bonchev–Trinajstić information content (AvgIpc) is 3.17. The van der Waals surface area contributed by atoms with Gasteiger partial charge in [0.25, 0.3) is 0 Å². The Morgan fingerprint density at radius 2 is 1.91 bits per heavy atom. The third kappa shape index (κ3) is 5.32. The zero-order valence-electron chi connectivity index (χ0n) is 18.5. The van der Waals surface area contributed by atoms with Crippen LogP contribution in [0.2, 0.25) is 5.02 Å². The third-order valence-corrected chi connectivity index (χ3v) is 5.60. The van der Waals surface area contributed by atoms with Gasteiger partial charge in [-0.3, -0.25) is 0 Å². The molecule has 6 nitrogen and oxygen atoms in total. The highest BCUT2D eigenvalue weighted by Gasteiger charge is 2.17. The van der Waals surface area contributed by atoms with Gasteiger partial charge in [0, 0.05) is 11.4 Å². The molecule has 2 aromatic carbocycles. The second-order valence-electron chi connectivity index (χ2n) is 7.31. The Morgan fingerprint density at radius 1 is 1.16 bits per heavy atom. The molecular formula is C25H27ClN2O4. The summed E-state index contributed by atoms with van der Waals surface area (Å²) < 4.78 is 12.6. The van der Waals surface area contributed by atoms with Gasteiger partial charge in [-0.15, -0.1) is 0 Å². The molecule has 7 heteroatoms. The van der Waals surface area contributed by atoms with Gasteiger partial charge in [0.15, 0.2) is 11.5 Å². The van der Waals surface area contributed by atoms with Crippen LogP contribution in [0, 0.1) is 0 Å². The molecular weight excluding hydrogens is 428 g/mol. The first-order valence-corrected chi connectivity index (χ1v) is 10.8. The van der Waals surface area contributed by atoms with Gasteiger partial charge in [-0.1, -0.05) is 49.2 Å². The number of carboxylic acids is 1. The molecule has 0 unspecified atom stereocenters. The Kier molecular flexibility index (Phi) is 7.95. The third-order valence-electron chi connectivity index (χ3n) is 5.23. The number of rotatable bonds is 10. The maximum absolute atomic E-state index is 12.2. The van der Waals surface area contributed by atoms with E-state index in [1.165, 1.54) is 14.2 Å². The summed E-state index contributed by atoms with van der Waals surface area (Å²) in [5.74, 6) is 0.852. The summed E-state index contributed by atoms with van der Waals surface area (Å²) in [4.78, 5) is 16.8. The first kappa shape index (κ1) is 23.4. The number of aryl methyl sites for hydroxylation is 1. The topological polar surface area (TPSA) is 73.6 Å². The van der Waals surface area contributed by atoms with E-state index in [2.05, 4.69) is 11.9 Å². The van der Waals surface area contributed by atoms with E-state index in [9.17, 15) is 9.90 Å². The normalized spacial score (nSPS) is 11.4. The van der Waals surface area contributed by atoms with E-state index in [0.717, 1.165) is 30.7 Å². The Hall–Kier alpha value is -3.25. The zero-order chi connectivity index (χ0) is 23.1. The predicted octanol–water partition coefficient (Wildman–Crippen LogP) is 5.57. The van der Waals surface area contributed by atoms with Gasteiger partial charge in [0.2, 0.25) is 0 Å². The van der Waals surface area contributed by atoms with Crippen molar-refractivity contribution >= 4 is 29.2 Å². The fourth-order valence-corrected chi connectivity index (χ4v) is 3.67. The molecule has 0 saturated carbocycles. The number of imidazole rings is 1. The molecule has 0 aliphatic rings. The van der Waals surface area contributed by atoms with E-state index in [1.807, 2.05) is 28.8 Å². The first-order chi connectivity index (χ1) is 15.5. The second-order valence-corrected chi connectivity index (χ2v) is 7.72. The molecule has 0 fully saturated rings. The van der Waals surface area contributed by atoms with Crippen LogP contribution in [0.15, 0.2) is 48.7 Å². The number of aromatic nitrogens is 2. The van der Waals surface area contributed by atoms with Gasteiger partial charge in [0.1, 0.15) is 5.82 Å². The molecule has 0 atom stereocenters. The number of ether oxygens (including phenoxy) is 2. The van der Waals surface area contributed by atoms with E-state index in [-0.39, 0.29) is 5.57 Å². The minimum atomic E-state index is -1.04. The van der Waals surface area contributed by atoms with Crippen molar-refractivity contribution < 1.29 is 19.4 Å². The van der Waals surface area contributed by atoms with Crippen LogP contribution in [-0.4, -0.2) is 34.8 Å². The van der Waals surface area contributed by atoms with Crippen LogP contribution in [0.4, 0.5) is 0 Å². The summed E-state index contributed by atoms with van der Waals surface area (Å²) in [7, 11) is 3.06. The molecule has 168 valence electrons. The minimum Gasteiger partial charge on any atom is -0.493 e. The number of halogens is 1. The summed E-state index contributed by atoms with van der Waals surface area (Å²) in [6.45, 7) is 2.63. The van der Waals surface area contributed by atoms with Gasteiger partial charge in [-0.25, -0.2) is 9.78 Å². The largest absolute Gasteiger partial charge is 0.493 e. The smallest absolute Gasteiger partial charge is 0.336 e. The Labute approximate surface area is 193 Å². The number of aliphatic carboxylic acids is 1. The van der Waals surface area contributed by atoms with Crippen LogP contribution in [0.5, 0.6) is 11.5 Å². The van der Waals surface area contributed by atoms with Gasteiger partial charge in [0.05, 0.1) is 38.2 Å². The lowest BCUT2D eigenvalue weighted by Gasteiger charge is -2.13. The molecule has 0 aliphatic heterocycles. The van der Waals surface area contributed by atoms with Crippen LogP contribution in [0.25, 0.3) is 11.6 Å². The van der Waals surface area contributed by atoms with Crippen molar-refractivity contribution in [3.8, 4) is 11.5 Å². The summed E-state index contributed by atoms with van der Waals surface area (Å²) >= 11 is 6.40. The van der Waals surface area contributed by atoms with Crippen molar-refractivity contribution in [3.63, 3.8) is 0 Å². The molecule has 1 aromatic heterocycles. The van der Waals surface area contributed by atoms with Crippen molar-refractivity contribution in [2.45, 2.75) is 32.7 Å². The van der Waals surface area contributed by atoms with Crippen molar-refractivity contribution in [2.24, 2.45) is 0 Å². The Morgan fingerprint density at radius 3 is 2.56 bits per heavy atom. The van der Waals surface area contributed by atoms with Crippen molar-refractivity contribution in [1.82, 2.24) is 9.55 Å². The summed E-state index contributed by atoms with van der Waals surface area (Å²) in [6, 6.07) is 12.7. The maximum atomic E-state index is 12.2. The number of hydrogen-bond acceptors (Lipinski definition) is 4. The lowest BCUT2D eigenvalue weighted by molar-refractivity contribution is -0.130. The van der Waals surface area contributed by atoms with Gasteiger partial charge in [-0.05, 0) is 41.8 Å². The fraction of sp³-hybridized carbons (Fsp3) is 0.280. The van der Waals surface area contributed by atoms with Crippen LogP contribution in [-0.2, 0) is 17.8 Å². The molecule has 32 heavy (non-hydrogen) atoms. The zero-order valence-corrected chi connectivity index (χ0v) is 19.2. The van der Waals surface area contributed by atoms with Crippen molar-refractivity contribution in [1.29, 1.82) is 0 Å². The molecule has 0 saturated heterocycles. The molecule has 1 heterocycles. The van der Waals surface area contributed by atoms with E-state index in [0.29, 0.717) is 34.3 Å². The molecule has 0 bridgehead atoms. The van der Waals surface area contributed by atoms with E-state index < -0.39 is 5.97 Å². The van der Waals surface area contributed by atoms with Crippen molar-refractivity contribution in [2.75, 3.05) is 14.2 Å². The maximum Gasteiger partial charge on any atom is 0.336 e. The number of carbonyl (C=O) groups is 1. The lowest BCUT2D eigenvalue weighted by atomic mass is 10.0. The van der Waals surface area contributed by atoms with Crippen LogP contribution >= 0.6 is 11.6 Å². The second kappa shape index (κ2) is 10.9. The highest BCUT2D eigenvalue weighted by molar-refractivity contribution is 6.31.